The highest BCUT2D eigenvalue weighted by atomic mass is 16.5. The van der Waals surface area contributed by atoms with Gasteiger partial charge in [-0.25, -0.2) is 9.98 Å². The van der Waals surface area contributed by atoms with Crippen molar-refractivity contribution in [3.05, 3.63) is 17.8 Å². The molecule has 1 aromatic rings. The maximum absolute atomic E-state index is 5.88. The molecule has 1 aromatic heterocycles. The number of hydrogen-bond acceptors (Lipinski definition) is 4. The summed E-state index contributed by atoms with van der Waals surface area (Å²) in [4.78, 5) is 8.87. The molecular weight excluding hydrogens is 316 g/mol. The highest BCUT2D eigenvalue weighted by Crippen LogP contribution is 2.23. The van der Waals surface area contributed by atoms with Crippen LogP contribution < -0.4 is 10.6 Å². The maximum atomic E-state index is 5.88. The predicted octanol–water partition coefficient (Wildman–Crippen LogP) is 3.38. The highest BCUT2D eigenvalue weighted by Gasteiger charge is 2.19. The van der Waals surface area contributed by atoms with E-state index in [1.54, 1.807) is 6.20 Å². The van der Waals surface area contributed by atoms with Gasteiger partial charge in [-0.05, 0) is 26.2 Å². The van der Waals surface area contributed by atoms with Crippen LogP contribution in [-0.4, -0.2) is 36.7 Å². The zero-order chi connectivity index (χ0) is 18.1. The number of hydrogen-bond donors (Lipinski definition) is 2. The molecule has 1 saturated carbocycles. The van der Waals surface area contributed by atoms with Crippen LogP contribution in [0.4, 0.5) is 0 Å². The number of guanidine groups is 1. The molecule has 0 unspecified atom stereocenters. The van der Waals surface area contributed by atoms with Crippen molar-refractivity contribution in [1.29, 1.82) is 0 Å². The molecule has 0 aromatic carbocycles. The van der Waals surface area contributed by atoms with Crippen LogP contribution in [0.25, 0.3) is 0 Å². The number of aromatic nitrogens is 1. The second kappa shape index (κ2) is 9.80. The van der Waals surface area contributed by atoms with E-state index in [9.17, 15) is 0 Å². The van der Waals surface area contributed by atoms with Gasteiger partial charge in [0.05, 0.1) is 12.3 Å². The Kier molecular flexibility index (Phi) is 7.75. The lowest BCUT2D eigenvalue weighted by molar-refractivity contribution is 0.0574. The van der Waals surface area contributed by atoms with Crippen LogP contribution in [-0.2, 0) is 16.7 Å². The van der Waals surface area contributed by atoms with Crippen LogP contribution in [0.1, 0.15) is 71.5 Å². The first-order chi connectivity index (χ1) is 12.0. The van der Waals surface area contributed by atoms with Gasteiger partial charge < -0.3 is 19.8 Å². The summed E-state index contributed by atoms with van der Waals surface area (Å²) in [7, 11) is 0. The van der Waals surface area contributed by atoms with Gasteiger partial charge >= 0.3 is 0 Å². The predicted molar refractivity (Wildman–Crippen MR) is 101 cm³/mol. The number of rotatable bonds is 8. The van der Waals surface area contributed by atoms with Crippen molar-refractivity contribution in [2.45, 2.75) is 77.9 Å². The fourth-order valence-corrected chi connectivity index (χ4v) is 2.80. The molecule has 0 amide bonds. The Labute approximate surface area is 151 Å². The van der Waals surface area contributed by atoms with Gasteiger partial charge in [0.1, 0.15) is 12.3 Å². The fraction of sp³-hybridized carbons (Fsp3) is 0.789. The van der Waals surface area contributed by atoms with Crippen molar-refractivity contribution < 1.29 is 9.15 Å². The Bertz CT molecular complexity index is 528. The molecule has 0 radical (unpaired) electrons. The minimum atomic E-state index is -0.0307. The minimum Gasteiger partial charge on any atom is -0.443 e. The smallest absolute Gasteiger partial charge is 0.216 e. The molecule has 25 heavy (non-hydrogen) atoms. The van der Waals surface area contributed by atoms with Crippen molar-refractivity contribution in [2.75, 3.05) is 19.7 Å². The van der Waals surface area contributed by atoms with Gasteiger partial charge in [0.25, 0.3) is 0 Å². The van der Waals surface area contributed by atoms with Crippen molar-refractivity contribution in [3.8, 4) is 0 Å². The third kappa shape index (κ3) is 7.06. The van der Waals surface area contributed by atoms with Gasteiger partial charge in [-0.3, -0.25) is 0 Å². The zero-order valence-electron chi connectivity index (χ0n) is 16.2. The average Bonchev–Trinajstić information content (AvgIpc) is 3.23. The number of aliphatic imine (C=N–C) groups is 1. The molecule has 6 heteroatoms. The Morgan fingerprint density at radius 3 is 2.72 bits per heavy atom. The summed E-state index contributed by atoms with van der Waals surface area (Å²) in [6, 6.07) is 0. The monoisotopic (exact) mass is 350 g/mol. The van der Waals surface area contributed by atoms with E-state index in [1.807, 2.05) is 0 Å². The first-order valence-electron chi connectivity index (χ1n) is 9.58. The summed E-state index contributed by atoms with van der Waals surface area (Å²) in [5, 5.41) is 6.59. The van der Waals surface area contributed by atoms with E-state index < -0.39 is 0 Å². The van der Waals surface area contributed by atoms with Gasteiger partial charge in [0.15, 0.2) is 5.96 Å². The van der Waals surface area contributed by atoms with Gasteiger partial charge in [-0.2, -0.15) is 0 Å². The average molecular weight is 351 g/mol. The van der Waals surface area contributed by atoms with Crippen LogP contribution in [0.3, 0.4) is 0 Å². The van der Waals surface area contributed by atoms with E-state index in [0.29, 0.717) is 18.5 Å². The van der Waals surface area contributed by atoms with Gasteiger partial charge in [0, 0.05) is 25.1 Å². The number of oxazole rings is 1. The molecule has 1 fully saturated rings. The summed E-state index contributed by atoms with van der Waals surface area (Å²) in [5.74, 6) is 2.32. The Balaban J connectivity index is 1.72. The third-order valence-electron chi connectivity index (χ3n) is 4.28. The second-order valence-electron chi connectivity index (χ2n) is 7.62. The van der Waals surface area contributed by atoms with Crippen LogP contribution in [0.5, 0.6) is 0 Å². The largest absolute Gasteiger partial charge is 0.443 e. The van der Waals surface area contributed by atoms with Gasteiger partial charge in [-0.15, -0.1) is 0 Å². The van der Waals surface area contributed by atoms with E-state index in [4.69, 9.17) is 9.15 Å². The normalized spacial score (nSPS) is 16.4. The highest BCUT2D eigenvalue weighted by molar-refractivity contribution is 5.79. The zero-order valence-corrected chi connectivity index (χ0v) is 16.2. The molecule has 1 aliphatic carbocycles. The van der Waals surface area contributed by atoms with Crippen molar-refractivity contribution in [3.63, 3.8) is 0 Å². The fourth-order valence-electron chi connectivity index (χ4n) is 2.80. The van der Waals surface area contributed by atoms with Gasteiger partial charge in [-0.1, -0.05) is 33.6 Å². The van der Waals surface area contributed by atoms with Crippen molar-refractivity contribution in [2.24, 2.45) is 4.99 Å². The first kappa shape index (κ1) is 19.8. The molecule has 2 rings (SSSR count). The molecule has 0 atom stereocenters. The molecule has 1 heterocycles. The standard InChI is InChI=1S/C19H34N4O2/c1-5-20-18(21-11-8-12-24-15-9-6-7-10-15)23-14-17-22-13-16(25-17)19(2,3)4/h13,15H,5-12,14H2,1-4H3,(H2,20,21,23). The minimum absolute atomic E-state index is 0.0307. The van der Waals surface area contributed by atoms with Gasteiger partial charge in [0.2, 0.25) is 5.89 Å². The lowest BCUT2D eigenvalue weighted by atomic mass is 9.94. The maximum Gasteiger partial charge on any atom is 0.216 e. The lowest BCUT2D eigenvalue weighted by Crippen LogP contribution is -2.38. The molecule has 0 saturated heterocycles. The van der Waals surface area contributed by atoms with E-state index in [2.05, 4.69) is 48.3 Å². The van der Waals surface area contributed by atoms with Crippen LogP contribution in [0.15, 0.2) is 15.6 Å². The Morgan fingerprint density at radius 2 is 2.08 bits per heavy atom. The summed E-state index contributed by atoms with van der Waals surface area (Å²) in [5.41, 5.74) is -0.0307. The van der Waals surface area contributed by atoms with Crippen LogP contribution in [0.2, 0.25) is 0 Å². The summed E-state index contributed by atoms with van der Waals surface area (Å²) >= 11 is 0. The third-order valence-corrected chi connectivity index (χ3v) is 4.28. The molecule has 142 valence electrons. The molecule has 0 spiro atoms. The van der Waals surface area contributed by atoms with Crippen molar-refractivity contribution in [1.82, 2.24) is 15.6 Å². The van der Waals surface area contributed by atoms with Crippen LogP contribution in [0, 0.1) is 0 Å². The molecule has 0 bridgehead atoms. The quantitative estimate of drug-likeness (QED) is 0.427. The molecule has 1 aliphatic rings. The topological polar surface area (TPSA) is 71.7 Å². The summed E-state index contributed by atoms with van der Waals surface area (Å²) in [6.45, 7) is 11.3. The SMILES string of the molecule is CCNC(=NCc1ncc(C(C)(C)C)o1)NCCCOC1CCCC1. The number of ether oxygens (including phenoxy) is 1. The molecule has 6 nitrogen and oxygen atoms in total. The summed E-state index contributed by atoms with van der Waals surface area (Å²) < 4.78 is 11.7. The lowest BCUT2D eigenvalue weighted by Gasteiger charge is -2.13. The Hall–Kier alpha value is -1.56. The number of nitrogens with zero attached hydrogens (tertiary/aromatic N) is 2. The molecular formula is C19H34N4O2. The van der Waals surface area contributed by atoms with E-state index >= 15 is 0 Å². The van der Waals surface area contributed by atoms with Crippen LogP contribution >= 0.6 is 0 Å². The summed E-state index contributed by atoms with van der Waals surface area (Å²) in [6.07, 6.45) is 8.35. The van der Waals surface area contributed by atoms with E-state index in [0.717, 1.165) is 37.8 Å². The Morgan fingerprint density at radius 1 is 1.32 bits per heavy atom. The second-order valence-corrected chi connectivity index (χ2v) is 7.62. The first-order valence-corrected chi connectivity index (χ1v) is 9.58. The number of nitrogens with one attached hydrogen (secondary N) is 2. The van der Waals surface area contributed by atoms with Crippen molar-refractivity contribution >= 4 is 5.96 Å². The molecule has 2 N–H and O–H groups in total. The molecule has 0 aliphatic heterocycles. The van der Waals surface area contributed by atoms with E-state index in [-0.39, 0.29) is 5.41 Å². The van der Waals surface area contributed by atoms with E-state index in [1.165, 1.54) is 25.7 Å².